The first-order valence-corrected chi connectivity index (χ1v) is 6.57. The van der Waals surface area contributed by atoms with Gasteiger partial charge in [-0.1, -0.05) is 17.7 Å². The quantitative estimate of drug-likeness (QED) is 0.819. The van der Waals surface area contributed by atoms with Gasteiger partial charge in [0.25, 0.3) is 0 Å². The van der Waals surface area contributed by atoms with Crippen molar-refractivity contribution in [3.8, 4) is 5.75 Å². The van der Waals surface area contributed by atoms with Gasteiger partial charge >= 0.3 is 0 Å². The largest absolute Gasteiger partial charge is 0.290 e. The molecule has 2 aromatic carbocycles. The van der Waals surface area contributed by atoms with Crippen molar-refractivity contribution in [1.29, 1.82) is 0 Å². The average Bonchev–Trinajstić information content (AvgIpc) is 2.30. The van der Waals surface area contributed by atoms with Crippen molar-refractivity contribution in [2.75, 3.05) is 0 Å². The summed E-state index contributed by atoms with van der Waals surface area (Å²) >= 11 is 0. The van der Waals surface area contributed by atoms with Crippen LogP contribution in [0.25, 0.3) is 0 Å². The van der Waals surface area contributed by atoms with E-state index in [0.717, 1.165) is 5.56 Å². The Morgan fingerprint density at radius 2 is 1.18 bits per heavy atom. The highest BCUT2D eigenvalue weighted by molar-refractivity contribution is 7.91. The second-order valence-electron chi connectivity index (χ2n) is 3.79. The molecule has 0 saturated carbocycles. The highest BCUT2D eigenvalue weighted by Crippen LogP contribution is 2.22. The van der Waals surface area contributed by atoms with Crippen molar-refractivity contribution in [3.05, 3.63) is 54.1 Å². The average molecular weight is 247 g/mol. The molecule has 0 aromatic heterocycles. The van der Waals surface area contributed by atoms with E-state index in [2.05, 4.69) is 0 Å². The van der Waals surface area contributed by atoms with Crippen LogP contribution in [0.15, 0.2) is 58.3 Å². The van der Waals surface area contributed by atoms with Crippen LogP contribution in [0.1, 0.15) is 5.56 Å². The van der Waals surface area contributed by atoms with Crippen molar-refractivity contribution in [1.82, 2.24) is 0 Å². The molecule has 0 aliphatic rings. The van der Waals surface area contributed by atoms with Crippen LogP contribution in [0, 0.1) is 6.92 Å². The van der Waals surface area contributed by atoms with Crippen LogP contribution in [-0.2, 0) is 14.9 Å². The van der Waals surface area contributed by atoms with Gasteiger partial charge in [-0.25, -0.2) is 8.42 Å². The number of benzene rings is 2. The van der Waals surface area contributed by atoms with Gasteiger partial charge in [0, 0.05) is 0 Å². The van der Waals surface area contributed by atoms with Crippen LogP contribution in [-0.4, -0.2) is 8.42 Å². The molecule has 0 aliphatic heterocycles. The zero-order valence-electron chi connectivity index (χ0n) is 9.25. The Balaban J connectivity index is 2.50. The fraction of sp³-hybridized carbons (Fsp3) is 0.0769. The summed E-state index contributed by atoms with van der Waals surface area (Å²) in [6, 6.07) is 11.8. The number of hydrogen-bond donors (Lipinski definition) is 0. The molecule has 0 spiro atoms. The zero-order valence-corrected chi connectivity index (χ0v) is 10.1. The molecule has 17 heavy (non-hydrogen) atoms. The maximum Gasteiger partial charge on any atom is 0.206 e. The lowest BCUT2D eigenvalue weighted by atomic mass is 10.2. The molecule has 3 nitrogen and oxygen atoms in total. The summed E-state index contributed by atoms with van der Waals surface area (Å²) in [4.78, 5) is 0.378. The highest BCUT2D eigenvalue weighted by atomic mass is 32.2. The lowest BCUT2D eigenvalue weighted by molar-refractivity contribution is 0.354. The van der Waals surface area contributed by atoms with Gasteiger partial charge in [0.05, 0.1) is 9.79 Å². The molecule has 0 saturated heterocycles. The van der Waals surface area contributed by atoms with E-state index in [1.165, 1.54) is 24.3 Å². The SMILES string of the molecule is Cc1ccc(S(=O)(=O)c2ccc([O])cc2)cc1. The number of aryl methyl sites for hydroxylation is 1. The molecule has 0 amide bonds. The van der Waals surface area contributed by atoms with Crippen LogP contribution in [0.4, 0.5) is 0 Å². The lowest BCUT2D eigenvalue weighted by Crippen LogP contribution is -2.01. The van der Waals surface area contributed by atoms with Crippen LogP contribution in [0.5, 0.6) is 5.75 Å². The van der Waals surface area contributed by atoms with Gasteiger partial charge in [-0.3, -0.25) is 5.11 Å². The molecule has 0 bridgehead atoms. The molecule has 0 atom stereocenters. The van der Waals surface area contributed by atoms with E-state index in [-0.39, 0.29) is 15.5 Å². The predicted octanol–water partition coefficient (Wildman–Crippen LogP) is 2.97. The van der Waals surface area contributed by atoms with Crippen molar-refractivity contribution in [3.63, 3.8) is 0 Å². The minimum Gasteiger partial charge on any atom is -0.290 e. The molecule has 0 aliphatic carbocycles. The van der Waals surface area contributed by atoms with E-state index in [0.29, 0.717) is 0 Å². The van der Waals surface area contributed by atoms with Crippen LogP contribution in [0.2, 0.25) is 0 Å². The molecule has 0 unspecified atom stereocenters. The molecule has 2 aromatic rings. The Morgan fingerprint density at radius 3 is 1.65 bits per heavy atom. The minimum atomic E-state index is -3.51. The Kier molecular flexibility index (Phi) is 2.90. The maximum atomic E-state index is 12.2. The van der Waals surface area contributed by atoms with Crippen LogP contribution < -0.4 is 0 Å². The number of sulfone groups is 1. The van der Waals surface area contributed by atoms with Gasteiger partial charge in [0.2, 0.25) is 9.84 Å². The first-order chi connectivity index (χ1) is 8.00. The van der Waals surface area contributed by atoms with E-state index in [1.54, 1.807) is 24.3 Å². The molecule has 0 heterocycles. The van der Waals surface area contributed by atoms with Crippen molar-refractivity contribution in [2.24, 2.45) is 0 Å². The normalized spacial score (nSPS) is 11.4. The minimum absolute atomic E-state index is 0.140. The summed E-state index contributed by atoms with van der Waals surface area (Å²) in [6.45, 7) is 1.89. The van der Waals surface area contributed by atoms with Gasteiger partial charge in [0.15, 0.2) is 5.75 Å². The van der Waals surface area contributed by atoms with Crippen LogP contribution >= 0.6 is 0 Å². The fourth-order valence-electron chi connectivity index (χ4n) is 1.47. The van der Waals surface area contributed by atoms with Crippen molar-refractivity contribution in [2.45, 2.75) is 16.7 Å². The first kappa shape index (κ1) is 11.7. The van der Waals surface area contributed by atoms with Gasteiger partial charge < -0.3 is 0 Å². The van der Waals surface area contributed by atoms with Crippen molar-refractivity contribution >= 4 is 9.84 Å². The van der Waals surface area contributed by atoms with Gasteiger partial charge in [-0.2, -0.15) is 0 Å². The monoisotopic (exact) mass is 247 g/mol. The second kappa shape index (κ2) is 4.22. The second-order valence-corrected chi connectivity index (χ2v) is 5.74. The van der Waals surface area contributed by atoms with Gasteiger partial charge in [-0.05, 0) is 43.3 Å². The third-order valence-corrected chi connectivity index (χ3v) is 4.25. The van der Waals surface area contributed by atoms with Gasteiger partial charge in [0.1, 0.15) is 0 Å². The summed E-state index contributed by atoms with van der Waals surface area (Å²) in [5, 5.41) is 10.9. The van der Waals surface area contributed by atoms with E-state index in [9.17, 15) is 13.5 Å². The van der Waals surface area contributed by atoms with Gasteiger partial charge in [-0.15, -0.1) is 0 Å². The smallest absolute Gasteiger partial charge is 0.206 e. The van der Waals surface area contributed by atoms with Crippen LogP contribution in [0.3, 0.4) is 0 Å². The molecule has 0 N–H and O–H groups in total. The van der Waals surface area contributed by atoms with E-state index in [4.69, 9.17) is 0 Å². The molecule has 87 valence electrons. The summed E-state index contributed by atoms with van der Waals surface area (Å²) in [6.07, 6.45) is 0. The van der Waals surface area contributed by atoms with Crippen molar-refractivity contribution < 1.29 is 13.5 Å². The van der Waals surface area contributed by atoms with E-state index in [1.807, 2.05) is 6.92 Å². The molecular formula is C13H11O3S. The maximum absolute atomic E-state index is 12.2. The van der Waals surface area contributed by atoms with E-state index < -0.39 is 9.84 Å². The molecular weight excluding hydrogens is 236 g/mol. The first-order valence-electron chi connectivity index (χ1n) is 5.09. The Bertz CT molecular complexity index is 559. The summed E-state index contributed by atoms with van der Waals surface area (Å²) in [5.74, 6) is -0.201. The lowest BCUT2D eigenvalue weighted by Gasteiger charge is -2.04. The molecule has 0 fully saturated rings. The zero-order chi connectivity index (χ0) is 12.5. The summed E-state index contributed by atoms with van der Waals surface area (Å²) < 4.78 is 24.3. The summed E-state index contributed by atoms with van der Waals surface area (Å²) in [7, 11) is -3.51. The fourth-order valence-corrected chi connectivity index (χ4v) is 2.73. The Labute approximate surface area is 100 Å². The Morgan fingerprint density at radius 1 is 0.765 bits per heavy atom. The summed E-state index contributed by atoms with van der Waals surface area (Å²) in [5.41, 5.74) is 0.999. The highest BCUT2D eigenvalue weighted by Gasteiger charge is 2.16. The number of hydrogen-bond acceptors (Lipinski definition) is 2. The molecule has 1 radical (unpaired) electrons. The Hall–Kier alpha value is -1.81. The third-order valence-electron chi connectivity index (χ3n) is 2.47. The topological polar surface area (TPSA) is 54.0 Å². The molecule has 2 rings (SSSR count). The standard InChI is InChI=1S/C13H11O3S/c1-10-2-6-12(7-3-10)17(15,16)13-8-4-11(14)5-9-13/h2-9H,1H3. The van der Waals surface area contributed by atoms with E-state index >= 15 is 0 Å². The molecule has 4 heteroatoms. The predicted molar refractivity (Wildman–Crippen MR) is 63.2 cm³/mol. The number of rotatable bonds is 2. The third kappa shape index (κ3) is 2.31.